The molecule has 0 aromatic heterocycles. The van der Waals surface area contributed by atoms with E-state index in [9.17, 15) is 14.9 Å². The van der Waals surface area contributed by atoms with Crippen LogP contribution in [0.1, 0.15) is 10.4 Å². The molecule has 2 aliphatic rings. The molecule has 9 heteroatoms. The first-order valence-electron chi connectivity index (χ1n) is 8.41. The van der Waals surface area contributed by atoms with Gasteiger partial charge in [0.15, 0.2) is 11.5 Å². The first-order valence-corrected chi connectivity index (χ1v) is 8.78. The summed E-state index contributed by atoms with van der Waals surface area (Å²) in [6, 6.07) is 9.75. The van der Waals surface area contributed by atoms with Crippen molar-refractivity contribution in [2.75, 3.05) is 37.9 Å². The summed E-state index contributed by atoms with van der Waals surface area (Å²) < 4.78 is 10.6. The second-order valence-corrected chi connectivity index (χ2v) is 6.67. The number of rotatable bonds is 3. The van der Waals surface area contributed by atoms with Crippen molar-refractivity contribution in [2.24, 2.45) is 0 Å². The Kier molecular flexibility index (Phi) is 4.49. The largest absolute Gasteiger partial charge is 0.454 e. The van der Waals surface area contributed by atoms with Gasteiger partial charge in [0.25, 0.3) is 11.6 Å². The van der Waals surface area contributed by atoms with E-state index in [1.807, 2.05) is 4.90 Å². The van der Waals surface area contributed by atoms with Crippen LogP contribution in [0, 0.1) is 10.1 Å². The van der Waals surface area contributed by atoms with Crippen molar-refractivity contribution in [2.45, 2.75) is 0 Å². The topological polar surface area (TPSA) is 85.2 Å². The summed E-state index contributed by atoms with van der Waals surface area (Å²) in [4.78, 5) is 27.2. The van der Waals surface area contributed by atoms with Crippen LogP contribution in [0.4, 0.5) is 11.4 Å². The fourth-order valence-corrected chi connectivity index (χ4v) is 3.44. The van der Waals surface area contributed by atoms with E-state index in [0.29, 0.717) is 54.0 Å². The molecule has 2 aromatic carbocycles. The van der Waals surface area contributed by atoms with Crippen molar-refractivity contribution in [3.8, 4) is 11.5 Å². The molecule has 8 nitrogen and oxygen atoms in total. The number of amides is 1. The van der Waals surface area contributed by atoms with Crippen LogP contribution in [0.3, 0.4) is 0 Å². The Balaban J connectivity index is 1.46. The summed E-state index contributed by atoms with van der Waals surface area (Å²) in [6.07, 6.45) is 0. The number of piperazine rings is 1. The molecule has 1 amide bonds. The van der Waals surface area contributed by atoms with E-state index >= 15 is 0 Å². The Morgan fingerprint density at radius 3 is 2.52 bits per heavy atom. The van der Waals surface area contributed by atoms with Gasteiger partial charge < -0.3 is 19.3 Å². The number of benzene rings is 2. The monoisotopic (exact) mass is 389 g/mol. The van der Waals surface area contributed by atoms with Crippen molar-refractivity contribution in [3.05, 3.63) is 57.1 Å². The third kappa shape index (κ3) is 3.35. The number of nitro groups is 1. The number of carbonyl (C=O) groups is 1. The average Bonchev–Trinajstić information content (AvgIpc) is 3.15. The van der Waals surface area contributed by atoms with Crippen molar-refractivity contribution in [3.63, 3.8) is 0 Å². The number of ether oxygens (including phenoxy) is 2. The SMILES string of the molecule is O=C(c1ccc2c(c1)OCO2)N1CCN(c2ccc(Cl)cc2[N+](=O)[O-])CC1. The molecule has 0 N–H and O–H groups in total. The predicted molar refractivity (Wildman–Crippen MR) is 98.8 cm³/mol. The first kappa shape index (κ1) is 17.4. The molecule has 0 bridgehead atoms. The van der Waals surface area contributed by atoms with E-state index in [1.54, 1.807) is 35.2 Å². The molecule has 140 valence electrons. The highest BCUT2D eigenvalue weighted by molar-refractivity contribution is 6.30. The normalized spacial score (nSPS) is 15.7. The molecule has 2 aliphatic heterocycles. The van der Waals surface area contributed by atoms with Gasteiger partial charge in [0, 0.05) is 42.8 Å². The summed E-state index contributed by atoms with van der Waals surface area (Å²) in [7, 11) is 0. The second-order valence-electron chi connectivity index (χ2n) is 6.24. The molecule has 0 radical (unpaired) electrons. The molecule has 0 spiro atoms. The van der Waals surface area contributed by atoms with Crippen molar-refractivity contribution in [1.82, 2.24) is 4.90 Å². The third-order valence-corrected chi connectivity index (χ3v) is 4.90. The molecule has 0 aliphatic carbocycles. The number of nitro benzene ring substituents is 1. The first-order chi connectivity index (χ1) is 13.0. The molecule has 4 rings (SSSR count). The van der Waals surface area contributed by atoms with Crippen LogP contribution in [-0.4, -0.2) is 48.7 Å². The lowest BCUT2D eigenvalue weighted by Crippen LogP contribution is -2.48. The van der Waals surface area contributed by atoms with E-state index in [4.69, 9.17) is 21.1 Å². The van der Waals surface area contributed by atoms with Crippen LogP contribution in [0.2, 0.25) is 5.02 Å². The maximum absolute atomic E-state index is 12.7. The smallest absolute Gasteiger partial charge is 0.294 e. The van der Waals surface area contributed by atoms with Gasteiger partial charge in [-0.25, -0.2) is 0 Å². The molecule has 0 unspecified atom stereocenters. The molecule has 0 saturated carbocycles. The minimum absolute atomic E-state index is 0.0296. The Morgan fingerprint density at radius 2 is 1.78 bits per heavy atom. The van der Waals surface area contributed by atoms with E-state index in [0.717, 1.165) is 0 Å². The number of anilines is 1. The van der Waals surface area contributed by atoms with Crippen LogP contribution in [0.25, 0.3) is 0 Å². The van der Waals surface area contributed by atoms with Gasteiger partial charge in [-0.05, 0) is 30.3 Å². The standard InChI is InChI=1S/C18H16ClN3O5/c19-13-2-3-14(15(10-13)22(24)25)20-5-7-21(8-6-20)18(23)12-1-4-16-17(9-12)27-11-26-16/h1-4,9-10H,5-8,11H2. The van der Waals surface area contributed by atoms with Crippen LogP contribution >= 0.6 is 11.6 Å². The van der Waals surface area contributed by atoms with Gasteiger partial charge >= 0.3 is 0 Å². The zero-order chi connectivity index (χ0) is 19.0. The fraction of sp³-hybridized carbons (Fsp3) is 0.278. The lowest BCUT2D eigenvalue weighted by atomic mass is 10.1. The lowest BCUT2D eigenvalue weighted by Gasteiger charge is -2.35. The van der Waals surface area contributed by atoms with Crippen molar-refractivity contribution in [1.29, 1.82) is 0 Å². The molecule has 2 aromatic rings. The van der Waals surface area contributed by atoms with Crippen molar-refractivity contribution >= 4 is 28.9 Å². The van der Waals surface area contributed by atoms with Gasteiger partial charge in [-0.3, -0.25) is 14.9 Å². The Bertz CT molecular complexity index is 912. The van der Waals surface area contributed by atoms with Crippen LogP contribution in [0.15, 0.2) is 36.4 Å². The van der Waals surface area contributed by atoms with E-state index in [-0.39, 0.29) is 18.4 Å². The lowest BCUT2D eigenvalue weighted by molar-refractivity contribution is -0.384. The highest BCUT2D eigenvalue weighted by Crippen LogP contribution is 2.34. The van der Waals surface area contributed by atoms with Gasteiger partial charge in [0.1, 0.15) is 5.69 Å². The predicted octanol–water partition coefficient (Wildman–Crippen LogP) is 2.94. The zero-order valence-corrected chi connectivity index (χ0v) is 15.0. The Hall–Kier alpha value is -3.00. The average molecular weight is 390 g/mol. The Labute approximate surface area is 160 Å². The number of fused-ring (bicyclic) bond motifs is 1. The molecular formula is C18H16ClN3O5. The van der Waals surface area contributed by atoms with Gasteiger partial charge in [-0.1, -0.05) is 11.6 Å². The third-order valence-electron chi connectivity index (χ3n) is 4.66. The summed E-state index contributed by atoms with van der Waals surface area (Å²) in [5.41, 5.74) is 1.02. The molecule has 2 heterocycles. The Morgan fingerprint density at radius 1 is 1.04 bits per heavy atom. The number of nitrogens with zero attached hydrogens (tertiary/aromatic N) is 3. The van der Waals surface area contributed by atoms with Crippen LogP contribution < -0.4 is 14.4 Å². The van der Waals surface area contributed by atoms with Crippen LogP contribution in [0.5, 0.6) is 11.5 Å². The van der Waals surface area contributed by atoms with E-state index < -0.39 is 4.92 Å². The summed E-state index contributed by atoms with van der Waals surface area (Å²) in [6.45, 7) is 2.09. The quantitative estimate of drug-likeness (QED) is 0.592. The minimum atomic E-state index is -0.439. The van der Waals surface area contributed by atoms with Gasteiger partial charge in [0.2, 0.25) is 6.79 Å². The van der Waals surface area contributed by atoms with Crippen molar-refractivity contribution < 1.29 is 19.2 Å². The summed E-state index contributed by atoms with van der Waals surface area (Å²) in [5.74, 6) is 1.10. The van der Waals surface area contributed by atoms with Gasteiger partial charge in [-0.15, -0.1) is 0 Å². The summed E-state index contributed by atoms with van der Waals surface area (Å²) >= 11 is 5.88. The van der Waals surface area contributed by atoms with Gasteiger partial charge in [0.05, 0.1) is 4.92 Å². The van der Waals surface area contributed by atoms with Crippen LogP contribution in [-0.2, 0) is 0 Å². The molecular weight excluding hydrogens is 374 g/mol. The number of hydrogen-bond acceptors (Lipinski definition) is 6. The molecule has 27 heavy (non-hydrogen) atoms. The highest BCUT2D eigenvalue weighted by Gasteiger charge is 2.27. The molecule has 1 saturated heterocycles. The van der Waals surface area contributed by atoms with Gasteiger partial charge in [-0.2, -0.15) is 0 Å². The number of halogens is 1. The maximum atomic E-state index is 12.7. The number of hydrogen-bond donors (Lipinski definition) is 0. The zero-order valence-electron chi connectivity index (χ0n) is 14.3. The fourth-order valence-electron chi connectivity index (χ4n) is 3.27. The second kappa shape index (κ2) is 6.96. The minimum Gasteiger partial charge on any atom is -0.454 e. The molecule has 0 atom stereocenters. The van der Waals surface area contributed by atoms with E-state index in [1.165, 1.54) is 6.07 Å². The number of carbonyl (C=O) groups excluding carboxylic acids is 1. The maximum Gasteiger partial charge on any atom is 0.294 e. The van der Waals surface area contributed by atoms with E-state index in [2.05, 4.69) is 0 Å². The summed E-state index contributed by atoms with van der Waals surface area (Å²) in [5, 5.41) is 11.6. The highest BCUT2D eigenvalue weighted by atomic mass is 35.5. The molecule has 1 fully saturated rings.